The largest absolute Gasteiger partial charge is 0.341 e. The third-order valence-corrected chi connectivity index (χ3v) is 6.80. The van der Waals surface area contributed by atoms with Crippen LogP contribution in [0, 0.1) is 0 Å². The number of piperidine rings is 1. The minimum absolute atomic E-state index is 0.120. The number of amides is 1. The Hall–Kier alpha value is -3.22. The molecular weight excluding hydrogens is 400 g/mol. The molecule has 1 fully saturated rings. The maximum atomic E-state index is 13.3. The highest BCUT2D eigenvalue weighted by atomic mass is 16.2. The summed E-state index contributed by atoms with van der Waals surface area (Å²) in [6.07, 6.45) is 8.04. The Morgan fingerprint density at radius 3 is 2.47 bits per heavy atom. The van der Waals surface area contributed by atoms with Crippen LogP contribution in [-0.2, 0) is 23.2 Å². The molecule has 0 radical (unpaired) electrons. The maximum absolute atomic E-state index is 13.3. The molecule has 0 N–H and O–H groups in total. The van der Waals surface area contributed by atoms with E-state index < -0.39 is 0 Å². The molecule has 4 heterocycles. The van der Waals surface area contributed by atoms with Crippen molar-refractivity contribution < 1.29 is 4.79 Å². The summed E-state index contributed by atoms with van der Waals surface area (Å²) in [6.45, 7) is 7.39. The first-order valence-corrected chi connectivity index (χ1v) is 11.5. The lowest BCUT2D eigenvalue weighted by molar-refractivity contribution is -0.132. The fourth-order valence-electron chi connectivity index (χ4n) is 5.00. The molecule has 1 amide bonds. The van der Waals surface area contributed by atoms with Crippen molar-refractivity contribution in [3.63, 3.8) is 0 Å². The Morgan fingerprint density at radius 1 is 1.06 bits per heavy atom. The van der Waals surface area contributed by atoms with Gasteiger partial charge in [-0.05, 0) is 38.3 Å². The van der Waals surface area contributed by atoms with E-state index in [0.717, 1.165) is 44.0 Å². The summed E-state index contributed by atoms with van der Waals surface area (Å²) in [4.78, 5) is 26.5. The summed E-state index contributed by atoms with van der Waals surface area (Å²) in [6, 6.07) is 12.2. The predicted molar refractivity (Wildman–Crippen MR) is 123 cm³/mol. The number of benzene rings is 1. The van der Waals surface area contributed by atoms with Gasteiger partial charge in [-0.2, -0.15) is 5.10 Å². The van der Waals surface area contributed by atoms with Crippen LogP contribution < -0.4 is 4.90 Å². The first-order chi connectivity index (χ1) is 15.5. The average molecular weight is 431 g/mol. The quantitative estimate of drug-likeness (QED) is 0.635. The zero-order chi connectivity index (χ0) is 22.1. The van der Waals surface area contributed by atoms with Gasteiger partial charge in [0.15, 0.2) is 0 Å². The van der Waals surface area contributed by atoms with Crippen molar-refractivity contribution in [2.75, 3.05) is 24.5 Å². The van der Waals surface area contributed by atoms with E-state index in [9.17, 15) is 4.79 Å². The predicted octanol–water partition coefficient (Wildman–Crippen LogP) is 3.38. The number of carbonyl (C=O) groups excluding carboxylic acids is 1. The molecule has 166 valence electrons. The van der Waals surface area contributed by atoms with Gasteiger partial charge in [-0.25, -0.2) is 9.97 Å². The number of hydrogen-bond acceptors (Lipinski definition) is 5. The normalized spacial score (nSPS) is 17.6. The number of fused-ring (bicyclic) bond motifs is 2. The molecule has 7 nitrogen and oxygen atoms in total. The lowest BCUT2D eigenvalue weighted by Gasteiger charge is -2.46. The smallest absolute Gasteiger partial charge is 0.227 e. The first-order valence-electron chi connectivity index (χ1n) is 11.5. The van der Waals surface area contributed by atoms with Crippen LogP contribution in [-0.4, -0.2) is 50.2 Å². The van der Waals surface area contributed by atoms with Gasteiger partial charge in [0.05, 0.1) is 12.1 Å². The van der Waals surface area contributed by atoms with Gasteiger partial charge < -0.3 is 9.80 Å². The number of hydrogen-bond donors (Lipinski definition) is 0. The molecule has 0 unspecified atom stereocenters. The van der Waals surface area contributed by atoms with Gasteiger partial charge in [0.2, 0.25) is 11.9 Å². The third-order valence-electron chi connectivity index (χ3n) is 6.80. The molecule has 0 atom stereocenters. The van der Waals surface area contributed by atoms with Crippen molar-refractivity contribution in [2.24, 2.45) is 0 Å². The van der Waals surface area contributed by atoms with E-state index in [1.165, 1.54) is 11.3 Å². The molecule has 1 spiro atoms. The van der Waals surface area contributed by atoms with Crippen molar-refractivity contribution in [3.8, 4) is 0 Å². The third kappa shape index (κ3) is 3.87. The van der Waals surface area contributed by atoms with E-state index in [0.29, 0.717) is 19.0 Å². The summed E-state index contributed by atoms with van der Waals surface area (Å²) in [5.41, 5.74) is 3.32. The van der Waals surface area contributed by atoms with Crippen LogP contribution in [0.5, 0.6) is 0 Å². The zero-order valence-electron chi connectivity index (χ0n) is 18.8. The SMILES string of the molecule is CC(C)n1cc2c(n1)C1(CCN(c3ncccn3)CC1)CN(C(=O)Cc1ccccc1)C2. The highest BCUT2D eigenvalue weighted by Crippen LogP contribution is 2.42. The first kappa shape index (κ1) is 20.7. The van der Waals surface area contributed by atoms with Gasteiger partial charge in [0, 0.05) is 61.8 Å². The lowest BCUT2D eigenvalue weighted by atomic mass is 9.72. The van der Waals surface area contributed by atoms with Gasteiger partial charge >= 0.3 is 0 Å². The maximum Gasteiger partial charge on any atom is 0.227 e. The van der Waals surface area contributed by atoms with Gasteiger partial charge in [0.25, 0.3) is 0 Å². The molecule has 32 heavy (non-hydrogen) atoms. The Kier molecular flexibility index (Phi) is 5.41. The second-order valence-electron chi connectivity index (χ2n) is 9.31. The van der Waals surface area contributed by atoms with E-state index in [4.69, 9.17) is 5.10 Å². The van der Waals surface area contributed by atoms with E-state index in [2.05, 4.69) is 44.5 Å². The summed E-state index contributed by atoms with van der Waals surface area (Å²) in [5.74, 6) is 0.968. The number of aromatic nitrogens is 4. The highest BCUT2D eigenvalue weighted by molar-refractivity contribution is 5.79. The average Bonchev–Trinajstić information content (AvgIpc) is 3.27. The van der Waals surface area contributed by atoms with Crippen molar-refractivity contribution in [1.82, 2.24) is 24.6 Å². The lowest BCUT2D eigenvalue weighted by Crippen LogP contribution is -2.53. The minimum Gasteiger partial charge on any atom is -0.341 e. The van der Waals surface area contributed by atoms with Crippen LogP contribution in [0.4, 0.5) is 5.95 Å². The monoisotopic (exact) mass is 430 g/mol. The fraction of sp³-hybridized carbons (Fsp3) is 0.440. The van der Waals surface area contributed by atoms with E-state index in [1.54, 1.807) is 12.4 Å². The van der Waals surface area contributed by atoms with Crippen LogP contribution in [0.3, 0.4) is 0 Å². The van der Waals surface area contributed by atoms with Gasteiger partial charge in [-0.15, -0.1) is 0 Å². The molecule has 0 aliphatic carbocycles. The second-order valence-corrected chi connectivity index (χ2v) is 9.31. The molecule has 7 heteroatoms. The van der Waals surface area contributed by atoms with Crippen LogP contribution in [0.15, 0.2) is 55.0 Å². The molecule has 2 aromatic heterocycles. The van der Waals surface area contributed by atoms with Crippen molar-refractivity contribution >= 4 is 11.9 Å². The van der Waals surface area contributed by atoms with Crippen LogP contribution >= 0.6 is 0 Å². The molecule has 0 bridgehead atoms. The summed E-state index contributed by atoms with van der Waals surface area (Å²) >= 11 is 0. The fourth-order valence-corrected chi connectivity index (χ4v) is 5.00. The van der Waals surface area contributed by atoms with E-state index >= 15 is 0 Å². The number of anilines is 1. The van der Waals surface area contributed by atoms with E-state index in [-0.39, 0.29) is 11.3 Å². The Labute approximate surface area is 189 Å². The van der Waals surface area contributed by atoms with Gasteiger partial charge in [0.1, 0.15) is 0 Å². The van der Waals surface area contributed by atoms with Crippen molar-refractivity contribution in [2.45, 2.75) is 51.1 Å². The molecule has 1 saturated heterocycles. The second kappa shape index (κ2) is 8.37. The standard InChI is InChI=1S/C25H30N6O/c1-19(2)31-17-21-16-30(22(32)15-20-7-4-3-5-8-20)18-25(23(21)28-31)9-13-29(14-10-25)24-26-11-6-12-27-24/h3-8,11-12,17,19H,9-10,13-16,18H2,1-2H3. The molecule has 3 aromatic rings. The molecule has 2 aliphatic rings. The molecule has 0 saturated carbocycles. The van der Waals surface area contributed by atoms with Crippen molar-refractivity contribution in [1.29, 1.82) is 0 Å². The van der Waals surface area contributed by atoms with Gasteiger partial charge in [-0.1, -0.05) is 30.3 Å². The van der Waals surface area contributed by atoms with Gasteiger partial charge in [-0.3, -0.25) is 9.48 Å². The Bertz CT molecular complexity index is 1070. The molecule has 2 aliphatic heterocycles. The number of rotatable bonds is 4. The Morgan fingerprint density at radius 2 is 1.78 bits per heavy atom. The van der Waals surface area contributed by atoms with Crippen LogP contribution in [0.25, 0.3) is 0 Å². The minimum atomic E-state index is -0.120. The molecule has 5 rings (SSSR count). The van der Waals surface area contributed by atoms with Crippen LogP contribution in [0.2, 0.25) is 0 Å². The Balaban J connectivity index is 1.41. The summed E-state index contributed by atoms with van der Waals surface area (Å²) in [5, 5.41) is 5.03. The highest BCUT2D eigenvalue weighted by Gasteiger charge is 2.45. The number of nitrogens with zero attached hydrogens (tertiary/aromatic N) is 6. The summed E-state index contributed by atoms with van der Waals surface area (Å²) < 4.78 is 2.06. The molecular formula is C25H30N6O. The number of carbonyl (C=O) groups is 1. The summed E-state index contributed by atoms with van der Waals surface area (Å²) in [7, 11) is 0. The van der Waals surface area contributed by atoms with E-state index in [1.807, 2.05) is 36.4 Å². The van der Waals surface area contributed by atoms with Crippen LogP contribution in [0.1, 0.15) is 49.6 Å². The van der Waals surface area contributed by atoms with Crippen molar-refractivity contribution in [3.05, 3.63) is 71.8 Å². The molecule has 1 aromatic carbocycles. The zero-order valence-corrected chi connectivity index (χ0v) is 18.8. The topological polar surface area (TPSA) is 67.2 Å².